The number of urea groups is 1. The van der Waals surface area contributed by atoms with Gasteiger partial charge in [0.15, 0.2) is 11.5 Å². The molecule has 0 fully saturated rings. The topological polar surface area (TPSA) is 125 Å². The van der Waals surface area contributed by atoms with Crippen LogP contribution >= 0.6 is 0 Å². The molecule has 1 aliphatic heterocycles. The van der Waals surface area contributed by atoms with Gasteiger partial charge in [0, 0.05) is 0 Å². The molecule has 182 valence electrons. The molecule has 0 bridgehead atoms. The zero-order valence-corrected chi connectivity index (χ0v) is 19.3. The van der Waals surface area contributed by atoms with Crippen LogP contribution in [0.15, 0.2) is 52.3 Å². The molecule has 0 saturated carbocycles. The van der Waals surface area contributed by atoms with Gasteiger partial charge in [-0.3, -0.25) is 0 Å². The molecule has 2 aromatic rings. The van der Waals surface area contributed by atoms with Gasteiger partial charge in [0.05, 0.1) is 43.4 Å². The molecule has 1 atom stereocenters. The summed E-state index contributed by atoms with van der Waals surface area (Å²) in [6.07, 6.45) is 3.31. The van der Waals surface area contributed by atoms with Gasteiger partial charge >= 0.3 is 18.0 Å². The molecule has 0 aliphatic carbocycles. The van der Waals surface area contributed by atoms with Crippen LogP contribution in [0.25, 0.3) is 0 Å². The lowest BCUT2D eigenvalue weighted by Crippen LogP contribution is -2.47. The van der Waals surface area contributed by atoms with E-state index in [0.29, 0.717) is 23.9 Å². The summed E-state index contributed by atoms with van der Waals surface area (Å²) in [7, 11) is 1.48. The molecular weight excluding hydrogens is 444 g/mol. The molecule has 0 radical (unpaired) electrons. The molecule has 0 spiro atoms. The largest absolute Gasteiger partial charge is 0.493 e. The molecule has 34 heavy (non-hydrogen) atoms. The number of ether oxygens (including phenoxy) is 4. The van der Waals surface area contributed by atoms with Crippen LogP contribution in [-0.2, 0) is 14.3 Å². The molecular formula is C24H28N2O8. The number of unbranched alkanes of at least 4 members (excludes halogenated alkanes) is 1. The highest BCUT2D eigenvalue weighted by atomic mass is 16.5. The summed E-state index contributed by atoms with van der Waals surface area (Å²) < 4.78 is 26.9. The summed E-state index contributed by atoms with van der Waals surface area (Å²) in [4.78, 5) is 37.6. The third-order valence-corrected chi connectivity index (χ3v) is 4.98. The number of furan rings is 1. The van der Waals surface area contributed by atoms with E-state index < -0.39 is 24.0 Å². The SMILES string of the molecule is CCCCOc1ccc(C(=O)OCC2=C(C(=O)OCC)C(c3ccco3)NC(=O)N2)cc1OC. The van der Waals surface area contributed by atoms with Crippen LogP contribution in [0.3, 0.4) is 0 Å². The van der Waals surface area contributed by atoms with Crippen molar-refractivity contribution in [2.45, 2.75) is 32.7 Å². The van der Waals surface area contributed by atoms with Crippen molar-refractivity contribution in [1.82, 2.24) is 10.6 Å². The zero-order valence-electron chi connectivity index (χ0n) is 19.3. The smallest absolute Gasteiger partial charge is 0.338 e. The minimum absolute atomic E-state index is 0.0847. The van der Waals surface area contributed by atoms with Crippen molar-refractivity contribution in [3.8, 4) is 11.5 Å². The Kier molecular flexibility index (Phi) is 8.55. The Morgan fingerprint density at radius 2 is 1.91 bits per heavy atom. The minimum Gasteiger partial charge on any atom is -0.493 e. The second kappa shape index (κ2) is 11.8. The van der Waals surface area contributed by atoms with E-state index >= 15 is 0 Å². The summed E-state index contributed by atoms with van der Waals surface area (Å²) in [5.74, 6) is -0.0870. The Hall–Kier alpha value is -3.95. The number of nitrogens with one attached hydrogen (secondary N) is 2. The van der Waals surface area contributed by atoms with E-state index in [4.69, 9.17) is 23.4 Å². The number of hydrogen-bond acceptors (Lipinski definition) is 8. The van der Waals surface area contributed by atoms with Crippen LogP contribution in [0.1, 0.15) is 48.8 Å². The maximum absolute atomic E-state index is 12.7. The Morgan fingerprint density at radius 3 is 2.59 bits per heavy atom. The molecule has 3 rings (SSSR count). The van der Waals surface area contributed by atoms with E-state index in [0.717, 1.165) is 12.8 Å². The second-order valence-corrected chi connectivity index (χ2v) is 7.30. The van der Waals surface area contributed by atoms with Crippen LogP contribution in [-0.4, -0.2) is 44.9 Å². The predicted molar refractivity (Wildman–Crippen MR) is 120 cm³/mol. The number of hydrogen-bond donors (Lipinski definition) is 2. The first-order chi connectivity index (χ1) is 16.5. The molecule has 2 amide bonds. The lowest BCUT2D eigenvalue weighted by Gasteiger charge is -2.27. The number of rotatable bonds is 11. The number of benzene rings is 1. The van der Waals surface area contributed by atoms with Crippen molar-refractivity contribution in [2.24, 2.45) is 0 Å². The van der Waals surface area contributed by atoms with Gasteiger partial charge in [-0.15, -0.1) is 0 Å². The van der Waals surface area contributed by atoms with E-state index in [1.807, 2.05) is 0 Å². The van der Waals surface area contributed by atoms with Crippen molar-refractivity contribution < 1.29 is 37.7 Å². The van der Waals surface area contributed by atoms with E-state index in [9.17, 15) is 14.4 Å². The first kappa shape index (κ1) is 24.7. The van der Waals surface area contributed by atoms with Gasteiger partial charge in [0.25, 0.3) is 0 Å². The van der Waals surface area contributed by atoms with Crippen molar-refractivity contribution >= 4 is 18.0 Å². The second-order valence-electron chi connectivity index (χ2n) is 7.30. The molecule has 1 unspecified atom stereocenters. The Labute approximate surface area is 197 Å². The van der Waals surface area contributed by atoms with Crippen LogP contribution in [0.2, 0.25) is 0 Å². The van der Waals surface area contributed by atoms with Gasteiger partial charge in [-0.1, -0.05) is 13.3 Å². The van der Waals surface area contributed by atoms with E-state index in [-0.39, 0.29) is 30.0 Å². The predicted octanol–water partition coefficient (Wildman–Crippen LogP) is 3.50. The normalized spacial score (nSPS) is 15.3. The third-order valence-electron chi connectivity index (χ3n) is 4.98. The van der Waals surface area contributed by atoms with E-state index in [2.05, 4.69) is 17.6 Å². The maximum atomic E-state index is 12.7. The van der Waals surface area contributed by atoms with Gasteiger partial charge in [-0.2, -0.15) is 0 Å². The van der Waals surface area contributed by atoms with Crippen LogP contribution in [0, 0.1) is 0 Å². The molecule has 1 aromatic heterocycles. The van der Waals surface area contributed by atoms with Crippen LogP contribution in [0.4, 0.5) is 4.79 Å². The zero-order chi connectivity index (χ0) is 24.5. The summed E-state index contributed by atoms with van der Waals surface area (Å²) in [5, 5.41) is 5.16. The number of amides is 2. The summed E-state index contributed by atoms with van der Waals surface area (Å²) in [6.45, 7) is 4.02. The average molecular weight is 472 g/mol. The molecule has 2 N–H and O–H groups in total. The third kappa shape index (κ3) is 5.89. The van der Waals surface area contributed by atoms with Crippen molar-refractivity contribution in [1.29, 1.82) is 0 Å². The highest BCUT2D eigenvalue weighted by Gasteiger charge is 2.35. The van der Waals surface area contributed by atoms with Gasteiger partial charge in [-0.05, 0) is 43.7 Å². The molecule has 2 heterocycles. The first-order valence-corrected chi connectivity index (χ1v) is 11.0. The van der Waals surface area contributed by atoms with Gasteiger partial charge in [-0.25, -0.2) is 14.4 Å². The van der Waals surface area contributed by atoms with Crippen molar-refractivity contribution in [3.05, 3.63) is 59.2 Å². The van der Waals surface area contributed by atoms with Gasteiger partial charge in [0.1, 0.15) is 18.4 Å². The molecule has 1 aromatic carbocycles. The first-order valence-electron chi connectivity index (χ1n) is 11.0. The monoisotopic (exact) mass is 472 g/mol. The van der Waals surface area contributed by atoms with Crippen LogP contribution < -0.4 is 20.1 Å². The molecule has 0 saturated heterocycles. The highest BCUT2D eigenvalue weighted by molar-refractivity contribution is 5.95. The summed E-state index contributed by atoms with van der Waals surface area (Å²) >= 11 is 0. The van der Waals surface area contributed by atoms with Crippen molar-refractivity contribution in [2.75, 3.05) is 26.9 Å². The Morgan fingerprint density at radius 1 is 1.09 bits per heavy atom. The van der Waals surface area contributed by atoms with Crippen LogP contribution in [0.5, 0.6) is 11.5 Å². The minimum atomic E-state index is -0.892. The standard InChI is InChI=1S/C24H28N2O8/c1-4-6-11-32-17-10-9-15(13-19(17)30-3)22(27)34-14-16-20(23(28)31-5-2)21(26-24(29)25-16)18-8-7-12-33-18/h7-10,12-13,21H,4-6,11,14H2,1-3H3,(H2,25,26,29). The highest BCUT2D eigenvalue weighted by Crippen LogP contribution is 2.30. The number of esters is 2. The lowest BCUT2D eigenvalue weighted by atomic mass is 10.0. The fourth-order valence-corrected chi connectivity index (χ4v) is 3.31. The number of methoxy groups -OCH3 is 1. The molecule has 10 heteroatoms. The quantitative estimate of drug-likeness (QED) is 0.376. The Bertz CT molecular complexity index is 1050. The fraction of sp³-hybridized carbons (Fsp3) is 0.375. The van der Waals surface area contributed by atoms with E-state index in [1.54, 1.807) is 31.2 Å². The number of carbonyl (C=O) groups excluding carboxylic acids is 3. The van der Waals surface area contributed by atoms with Crippen molar-refractivity contribution in [3.63, 3.8) is 0 Å². The Balaban J connectivity index is 1.80. The van der Waals surface area contributed by atoms with Gasteiger partial charge < -0.3 is 34.0 Å². The van der Waals surface area contributed by atoms with Gasteiger partial charge in [0.2, 0.25) is 0 Å². The molecule has 10 nitrogen and oxygen atoms in total. The average Bonchev–Trinajstić information content (AvgIpc) is 3.37. The fourth-order valence-electron chi connectivity index (χ4n) is 3.31. The number of carbonyl (C=O) groups is 3. The maximum Gasteiger partial charge on any atom is 0.338 e. The summed E-state index contributed by atoms with van der Waals surface area (Å²) in [5.41, 5.74) is 0.408. The summed E-state index contributed by atoms with van der Waals surface area (Å²) in [6, 6.07) is 6.49. The lowest BCUT2D eigenvalue weighted by molar-refractivity contribution is -0.139. The van der Waals surface area contributed by atoms with E-state index in [1.165, 1.54) is 19.4 Å². The molecule has 1 aliphatic rings.